The average Bonchev–Trinajstić information content (AvgIpc) is 1.70. The number of nitrogens with zero attached hydrogens (tertiary/aromatic N) is 2. The predicted molar refractivity (Wildman–Crippen MR) is 375 cm³/mol. The smallest absolute Gasteiger partial charge is 0.326 e. The molecule has 1 aliphatic rings. The summed E-state index contributed by atoms with van der Waals surface area (Å²) in [5, 5.41) is 30.9. The molecule has 0 bridgehead atoms. The lowest BCUT2D eigenvalue weighted by Crippen LogP contribution is -2.41. The number of ketones is 2. The molecule has 31 nitrogen and oxygen atoms in total. The fraction of sp³-hybridized carbons (Fsp3) is 0.500. The van der Waals surface area contributed by atoms with Gasteiger partial charge in [0.05, 0.1) is 61.6 Å². The number of ether oxygens (including phenoxy) is 5. The topological polar surface area (TPSA) is 481 Å². The summed E-state index contributed by atoms with van der Waals surface area (Å²) in [5.41, 5.74) is 15.0. The molecule has 4 heterocycles. The molecular formula is C68H88N12O19S2. The Morgan fingerprint density at radius 1 is 0.604 bits per heavy atom. The van der Waals surface area contributed by atoms with Gasteiger partial charge in [0.25, 0.3) is 22.9 Å². The maximum atomic E-state index is 13.6. The van der Waals surface area contributed by atoms with Crippen molar-refractivity contribution in [3.05, 3.63) is 115 Å². The van der Waals surface area contributed by atoms with Crippen LogP contribution in [0.4, 0.5) is 11.9 Å². The van der Waals surface area contributed by atoms with Crippen molar-refractivity contribution in [3.8, 4) is 0 Å². The molecule has 2 aromatic carbocycles. The third-order valence-electron chi connectivity index (χ3n) is 16.6. The third-order valence-corrected chi connectivity index (χ3v) is 19.9. The fourth-order valence-corrected chi connectivity index (χ4v) is 13.8. The first-order valence-electron chi connectivity index (χ1n) is 33.4. The van der Waals surface area contributed by atoms with E-state index in [4.69, 9.17) is 35.2 Å². The normalized spacial score (nSPS) is 14.6. The number of nitrogens with two attached hydrogens (primary N) is 2. The number of Topliss-reactive ketones (excluding diaryl/α,β-unsaturated/α-hetero) is 2. The van der Waals surface area contributed by atoms with Gasteiger partial charge in [0.15, 0.2) is 0 Å². The Morgan fingerprint density at radius 2 is 1.08 bits per heavy atom. The van der Waals surface area contributed by atoms with E-state index < -0.39 is 53.7 Å². The van der Waals surface area contributed by atoms with Gasteiger partial charge in [0, 0.05) is 79.7 Å². The number of hydrogen-bond donors (Lipinski definition) is 12. The highest BCUT2D eigenvalue weighted by Crippen LogP contribution is 2.41. The van der Waals surface area contributed by atoms with Crippen molar-refractivity contribution in [2.75, 3.05) is 88.9 Å². The van der Waals surface area contributed by atoms with Crippen LogP contribution in [0.15, 0.2) is 70.5 Å². The summed E-state index contributed by atoms with van der Waals surface area (Å²) in [6, 6.07) is 10.4. The van der Waals surface area contributed by atoms with Crippen molar-refractivity contribution in [2.45, 2.75) is 126 Å². The summed E-state index contributed by atoms with van der Waals surface area (Å²) >= 11 is 3.16. The molecule has 101 heavy (non-hydrogen) atoms. The number of hydrogen-bond acceptors (Lipinski definition) is 23. The fourth-order valence-electron chi connectivity index (χ4n) is 10.8. The number of fused-ring (bicyclic) bond motifs is 2. The molecule has 1 aliphatic carbocycles. The largest absolute Gasteiger partial charge is 0.480 e. The first kappa shape index (κ1) is 78.9. The van der Waals surface area contributed by atoms with Gasteiger partial charge in [-0.3, -0.25) is 57.9 Å². The van der Waals surface area contributed by atoms with Crippen LogP contribution in [0.1, 0.15) is 121 Å². The van der Waals surface area contributed by atoms with Gasteiger partial charge in [-0.15, -0.1) is 11.8 Å². The molecule has 33 heteroatoms. The van der Waals surface area contributed by atoms with Crippen LogP contribution >= 0.6 is 23.5 Å². The van der Waals surface area contributed by atoms with Crippen LogP contribution in [0, 0.1) is 11.8 Å². The minimum absolute atomic E-state index is 0.000358. The number of aromatic amines is 4. The average molecular weight is 1440 g/mol. The quantitative estimate of drug-likeness (QED) is 0.0192. The Labute approximate surface area is 589 Å². The summed E-state index contributed by atoms with van der Waals surface area (Å²) < 4.78 is 27.0. The zero-order valence-electron chi connectivity index (χ0n) is 56.3. The molecule has 0 radical (unpaired) electrons. The van der Waals surface area contributed by atoms with E-state index >= 15 is 0 Å². The van der Waals surface area contributed by atoms with E-state index in [0.29, 0.717) is 65.7 Å². The van der Waals surface area contributed by atoms with Crippen LogP contribution in [0.25, 0.3) is 22.1 Å². The van der Waals surface area contributed by atoms with Crippen molar-refractivity contribution < 1.29 is 81.8 Å². The SMILES string of the molecule is CCC(SCC1CCC1SCC(CC(=O)CCOCCC(C)=O)C(=O)NCCOCCOC(=O)CC[C@H](NC(=O)c1ccc(CCc2c[nH]c3nc(N)[nH]c(=O)c23)cc1)C(=O)O)C(=O)NCCOCCOC(=O)CC[C@H](NC(=O)c1ccc(CCc2c[nH]c3nc(N)[nH]c(=O)c23)cc1)C(=O)O. The zero-order chi connectivity index (χ0) is 72.8. The van der Waals surface area contributed by atoms with Crippen molar-refractivity contribution in [1.82, 2.24) is 51.2 Å². The zero-order valence-corrected chi connectivity index (χ0v) is 58.0. The number of rotatable bonds is 47. The highest BCUT2D eigenvalue weighted by atomic mass is 32.2. The lowest BCUT2D eigenvalue weighted by atomic mass is 9.86. The van der Waals surface area contributed by atoms with Crippen LogP contribution < -0.4 is 43.9 Å². The standard InChI is InChI=1S/C68H88N12O19S2/c1-3-51(62(88)72-25-29-97-31-33-99-54(84)21-18-50(66(93)94)76-61(87)43-12-6-41(7-13-43)9-15-45-36-74-58-56(45)64(90)80-68(70)78-58)100-37-46-16-19-52(46)101-38-47(34-48(82)23-27-95-26-22-39(2)81)59(85)71-24-28-96-30-32-98-53(83)20-17-49(65(91)92)75-60(86)42-10-4-40(5-11-42)8-14-44-35-73-57-55(44)63(89)79-67(69)77-57/h4-7,10-13,35-36,46-47,49-52H,3,8-9,14-34,37-38H2,1-2H3,(H,71,85)(H,72,88)(H,75,86)(H,76,87)(H,91,92)(H,93,94)(H4,69,73,77,79,89)(H4,70,74,78,80,90)/t46?,47?,49-,50-,51?,52?/m0/s1. The van der Waals surface area contributed by atoms with E-state index in [-0.39, 0.29) is 185 Å². The van der Waals surface area contributed by atoms with Gasteiger partial charge < -0.3 is 76.6 Å². The number of nitrogen functional groups attached to an aromatic ring is 2. The van der Waals surface area contributed by atoms with Crippen molar-refractivity contribution in [2.24, 2.45) is 11.8 Å². The van der Waals surface area contributed by atoms with Gasteiger partial charge >= 0.3 is 23.9 Å². The first-order chi connectivity index (χ1) is 48.5. The second-order valence-electron chi connectivity index (χ2n) is 24.1. The Balaban J connectivity index is 0.732. The van der Waals surface area contributed by atoms with E-state index in [9.17, 15) is 67.7 Å². The highest BCUT2D eigenvalue weighted by Gasteiger charge is 2.35. The number of thioether (sulfide) groups is 2. The number of aryl methyl sites for hydroxylation is 4. The molecule has 1 saturated carbocycles. The number of anilines is 2. The minimum atomic E-state index is -1.39. The number of H-pyrrole nitrogens is 4. The third kappa shape index (κ3) is 25.9. The summed E-state index contributed by atoms with van der Waals surface area (Å²) in [4.78, 5) is 170. The van der Waals surface area contributed by atoms with Crippen LogP contribution in [0.2, 0.25) is 0 Å². The van der Waals surface area contributed by atoms with Crippen LogP contribution in [-0.2, 0) is 87.7 Å². The number of nitrogens with one attached hydrogen (secondary N) is 8. The van der Waals surface area contributed by atoms with Crippen molar-refractivity contribution in [3.63, 3.8) is 0 Å². The molecule has 4 amide bonds. The lowest BCUT2D eigenvalue weighted by Gasteiger charge is -2.37. The van der Waals surface area contributed by atoms with E-state index in [2.05, 4.69) is 51.2 Å². The van der Waals surface area contributed by atoms with Crippen molar-refractivity contribution >= 4 is 117 Å². The summed E-state index contributed by atoms with van der Waals surface area (Å²) in [6.07, 6.45) is 7.04. The Hall–Kier alpha value is -9.44. The molecule has 14 N–H and O–H groups in total. The number of benzene rings is 2. The van der Waals surface area contributed by atoms with E-state index in [1.807, 2.05) is 6.92 Å². The predicted octanol–water partition coefficient (Wildman–Crippen LogP) is 3.51. The minimum Gasteiger partial charge on any atom is -0.480 e. The maximum Gasteiger partial charge on any atom is 0.326 e. The number of amides is 4. The van der Waals surface area contributed by atoms with Gasteiger partial charge in [-0.1, -0.05) is 31.2 Å². The van der Waals surface area contributed by atoms with Crippen LogP contribution in [0.5, 0.6) is 0 Å². The molecule has 0 aliphatic heterocycles. The second kappa shape index (κ2) is 40.7. The maximum absolute atomic E-state index is 13.6. The lowest BCUT2D eigenvalue weighted by molar-refractivity contribution is -0.147. The number of aromatic nitrogens is 6. The second-order valence-corrected chi connectivity index (χ2v) is 26.6. The molecule has 1 fully saturated rings. The number of carbonyl (C=O) groups is 10. The number of carboxylic acid groups (broad SMARTS) is 2. The molecule has 4 aromatic heterocycles. The van der Waals surface area contributed by atoms with Gasteiger partial charge in [-0.2, -0.15) is 21.7 Å². The summed E-state index contributed by atoms with van der Waals surface area (Å²) in [7, 11) is 0. The molecule has 0 spiro atoms. The Morgan fingerprint density at radius 3 is 1.53 bits per heavy atom. The Kier molecular flexibility index (Phi) is 31.8. The number of carbonyl (C=O) groups excluding carboxylic acids is 8. The Bertz CT molecular complexity index is 3930. The first-order valence-corrected chi connectivity index (χ1v) is 35.5. The van der Waals surface area contributed by atoms with Gasteiger partial charge in [-0.05, 0) is 123 Å². The van der Waals surface area contributed by atoms with Crippen molar-refractivity contribution in [1.29, 1.82) is 0 Å². The molecule has 7 rings (SSSR count). The number of esters is 2. The monoisotopic (exact) mass is 1440 g/mol. The molecular weight excluding hydrogens is 1350 g/mol. The summed E-state index contributed by atoms with van der Waals surface area (Å²) in [6.45, 7) is 3.86. The molecule has 6 aromatic rings. The molecule has 546 valence electrons. The van der Waals surface area contributed by atoms with E-state index in [0.717, 1.165) is 35.1 Å². The number of carboxylic acids is 2. The van der Waals surface area contributed by atoms with Gasteiger partial charge in [0.2, 0.25) is 23.7 Å². The molecule has 6 atom stereocenters. The summed E-state index contributed by atoms with van der Waals surface area (Å²) in [5.74, 6) is -5.40. The van der Waals surface area contributed by atoms with E-state index in [1.54, 1.807) is 84.4 Å². The molecule has 0 saturated heterocycles. The van der Waals surface area contributed by atoms with Crippen LogP contribution in [-0.4, -0.2) is 199 Å². The van der Waals surface area contributed by atoms with Crippen LogP contribution in [0.3, 0.4) is 0 Å². The highest BCUT2D eigenvalue weighted by molar-refractivity contribution is 8.01. The molecule has 4 unspecified atom stereocenters. The number of aliphatic carboxylic acids is 2. The van der Waals surface area contributed by atoms with Gasteiger partial charge in [0.1, 0.15) is 48.2 Å². The van der Waals surface area contributed by atoms with E-state index in [1.165, 1.54) is 6.92 Å². The van der Waals surface area contributed by atoms with Gasteiger partial charge in [-0.25, -0.2) is 9.59 Å².